The summed E-state index contributed by atoms with van der Waals surface area (Å²) < 4.78 is 5.16. The molecule has 0 saturated heterocycles. The Kier molecular flexibility index (Phi) is 10.2. The Labute approximate surface area is 250 Å². The molecule has 1 heterocycles. The third-order valence-corrected chi connectivity index (χ3v) is 10.4. The summed E-state index contributed by atoms with van der Waals surface area (Å²) >= 11 is 2.94. The molecule has 0 spiro atoms. The lowest BCUT2D eigenvalue weighted by Gasteiger charge is -2.21. The molecule has 2 aromatic carbocycles. The Hall–Kier alpha value is -3.10. The zero-order chi connectivity index (χ0) is 28.6. The number of hydrogen-bond acceptors (Lipinski definition) is 6. The van der Waals surface area contributed by atoms with E-state index in [9.17, 15) is 14.4 Å². The quantitative estimate of drug-likeness (QED) is 0.204. The first-order chi connectivity index (χ1) is 20.0. The average Bonchev–Trinajstić information content (AvgIpc) is 3.31. The lowest BCUT2D eigenvalue weighted by molar-refractivity contribution is -0.120. The van der Waals surface area contributed by atoms with Gasteiger partial charge in [-0.1, -0.05) is 68.5 Å². The maximum Gasteiger partial charge on any atom is 0.341 e. The van der Waals surface area contributed by atoms with Crippen LogP contribution in [0.4, 0.5) is 10.7 Å². The van der Waals surface area contributed by atoms with E-state index < -0.39 is 11.2 Å². The van der Waals surface area contributed by atoms with Gasteiger partial charge in [0.05, 0.1) is 12.7 Å². The number of benzene rings is 2. The van der Waals surface area contributed by atoms with E-state index >= 15 is 0 Å². The standard InChI is InChI=1S/C33H38N2O4S2/c1-39-33(38)28-26-19-10-2-3-11-20-27(26)41-32(28)35-31(37)29(22-13-6-4-7-14-22)40-25-18-12-17-24(21-25)34-30(36)23-15-8-5-9-16-23/h4,6-7,12-14,17-18,21,23,29H,2-3,5,8-11,15-16,19-20H2,1H3,(H,34,36)(H,35,37). The second kappa shape index (κ2) is 14.2. The summed E-state index contributed by atoms with van der Waals surface area (Å²) in [6.07, 6.45) is 11.5. The van der Waals surface area contributed by atoms with Gasteiger partial charge < -0.3 is 15.4 Å². The number of fused-ring (bicyclic) bond motifs is 1. The second-order valence-electron chi connectivity index (χ2n) is 10.9. The van der Waals surface area contributed by atoms with Crippen molar-refractivity contribution in [3.05, 3.63) is 76.2 Å². The van der Waals surface area contributed by atoms with E-state index in [0.717, 1.165) is 79.5 Å². The van der Waals surface area contributed by atoms with E-state index in [1.54, 1.807) is 0 Å². The van der Waals surface area contributed by atoms with Crippen LogP contribution in [0.5, 0.6) is 0 Å². The molecule has 5 rings (SSSR count). The van der Waals surface area contributed by atoms with Crippen LogP contribution in [0.1, 0.15) is 89.4 Å². The van der Waals surface area contributed by atoms with Crippen LogP contribution in [-0.4, -0.2) is 24.9 Å². The van der Waals surface area contributed by atoms with Gasteiger partial charge in [-0.25, -0.2) is 4.79 Å². The van der Waals surface area contributed by atoms with Crippen LogP contribution in [0.3, 0.4) is 0 Å². The number of carbonyl (C=O) groups is 3. The Morgan fingerprint density at radius 1 is 0.878 bits per heavy atom. The minimum Gasteiger partial charge on any atom is -0.465 e. The molecule has 2 amide bonds. The largest absolute Gasteiger partial charge is 0.465 e. The van der Waals surface area contributed by atoms with Gasteiger partial charge in [-0.2, -0.15) is 0 Å². The summed E-state index contributed by atoms with van der Waals surface area (Å²) in [6.45, 7) is 0. The maximum absolute atomic E-state index is 14.0. The molecule has 8 heteroatoms. The molecule has 216 valence electrons. The number of thioether (sulfide) groups is 1. The van der Waals surface area contributed by atoms with Crippen molar-refractivity contribution in [2.45, 2.75) is 80.8 Å². The van der Waals surface area contributed by atoms with E-state index in [1.807, 2.05) is 54.6 Å². The maximum atomic E-state index is 14.0. The third-order valence-electron chi connectivity index (χ3n) is 7.97. The van der Waals surface area contributed by atoms with Gasteiger partial charge in [-0.05, 0) is 67.9 Å². The molecule has 41 heavy (non-hydrogen) atoms. The first-order valence-corrected chi connectivity index (χ1v) is 16.4. The molecule has 2 N–H and O–H groups in total. The molecule has 1 aromatic heterocycles. The van der Waals surface area contributed by atoms with Crippen molar-refractivity contribution in [1.29, 1.82) is 0 Å². The number of thiophene rings is 1. The van der Waals surface area contributed by atoms with Crippen molar-refractivity contribution < 1.29 is 19.1 Å². The van der Waals surface area contributed by atoms with Crippen LogP contribution in [0.25, 0.3) is 0 Å². The van der Waals surface area contributed by atoms with Gasteiger partial charge in [0, 0.05) is 21.4 Å². The smallest absolute Gasteiger partial charge is 0.341 e. The molecule has 6 nitrogen and oxygen atoms in total. The molecule has 1 unspecified atom stereocenters. The van der Waals surface area contributed by atoms with Crippen LogP contribution in [0.2, 0.25) is 0 Å². The van der Waals surface area contributed by atoms with Gasteiger partial charge >= 0.3 is 5.97 Å². The van der Waals surface area contributed by atoms with Crippen LogP contribution < -0.4 is 10.6 Å². The molecule has 3 aromatic rings. The molecule has 2 aliphatic carbocycles. The van der Waals surface area contributed by atoms with Gasteiger partial charge in [0.1, 0.15) is 10.3 Å². The molecule has 2 aliphatic rings. The predicted octanol–water partition coefficient (Wildman–Crippen LogP) is 8.18. The molecule has 0 aliphatic heterocycles. The van der Waals surface area contributed by atoms with Crippen molar-refractivity contribution in [1.82, 2.24) is 0 Å². The van der Waals surface area contributed by atoms with Gasteiger partial charge in [-0.3, -0.25) is 9.59 Å². The highest BCUT2D eigenvalue weighted by molar-refractivity contribution is 8.00. The average molecular weight is 591 g/mol. The molecule has 1 fully saturated rings. The minimum atomic E-state index is -0.560. The van der Waals surface area contributed by atoms with E-state index in [0.29, 0.717) is 10.6 Å². The highest BCUT2D eigenvalue weighted by Gasteiger charge is 2.29. The van der Waals surface area contributed by atoms with E-state index in [4.69, 9.17) is 4.74 Å². The fourth-order valence-electron chi connectivity index (χ4n) is 5.80. The Balaban J connectivity index is 1.39. The Bertz CT molecular complexity index is 1360. The SMILES string of the molecule is COC(=O)c1c(NC(=O)C(Sc2cccc(NC(=O)C3CCCCC3)c2)c2ccccc2)sc2c1CCCCCC2. The number of amides is 2. The van der Waals surface area contributed by atoms with Gasteiger partial charge in [0.2, 0.25) is 11.8 Å². The summed E-state index contributed by atoms with van der Waals surface area (Å²) in [6, 6.07) is 17.4. The summed E-state index contributed by atoms with van der Waals surface area (Å²) in [5.74, 6) is -0.453. The first-order valence-electron chi connectivity index (χ1n) is 14.7. The zero-order valence-electron chi connectivity index (χ0n) is 23.6. The highest BCUT2D eigenvalue weighted by Crippen LogP contribution is 2.41. The van der Waals surface area contributed by atoms with Crippen molar-refractivity contribution in [3.8, 4) is 0 Å². The lowest BCUT2D eigenvalue weighted by Crippen LogP contribution is -2.24. The van der Waals surface area contributed by atoms with Crippen LogP contribution in [0.15, 0.2) is 59.5 Å². The zero-order valence-corrected chi connectivity index (χ0v) is 25.2. The molecule has 1 saturated carbocycles. The third kappa shape index (κ3) is 7.41. The van der Waals surface area contributed by atoms with Gasteiger partial charge in [0.15, 0.2) is 0 Å². The second-order valence-corrected chi connectivity index (χ2v) is 13.1. The number of anilines is 2. The van der Waals surface area contributed by atoms with Crippen LogP contribution >= 0.6 is 23.1 Å². The number of methoxy groups -OCH3 is 1. The first kappa shape index (κ1) is 29.4. The molecule has 0 bridgehead atoms. The van der Waals surface area contributed by atoms with Gasteiger partial charge in [0.25, 0.3) is 0 Å². The number of hydrogen-bond donors (Lipinski definition) is 2. The summed E-state index contributed by atoms with van der Waals surface area (Å²) in [4.78, 5) is 41.8. The number of carbonyl (C=O) groups excluding carboxylic acids is 3. The van der Waals surface area contributed by atoms with E-state index in [1.165, 1.54) is 47.9 Å². The van der Waals surface area contributed by atoms with Crippen molar-refractivity contribution in [2.24, 2.45) is 5.92 Å². The highest BCUT2D eigenvalue weighted by atomic mass is 32.2. The summed E-state index contributed by atoms with van der Waals surface area (Å²) in [5, 5.41) is 6.23. The molecule has 0 radical (unpaired) electrons. The minimum absolute atomic E-state index is 0.0668. The number of esters is 1. The van der Waals surface area contributed by atoms with Crippen LogP contribution in [-0.2, 0) is 27.2 Å². The molecular formula is C33H38N2O4S2. The van der Waals surface area contributed by atoms with E-state index in [2.05, 4.69) is 10.6 Å². The summed E-state index contributed by atoms with van der Waals surface area (Å²) in [7, 11) is 1.39. The van der Waals surface area contributed by atoms with Crippen molar-refractivity contribution in [3.63, 3.8) is 0 Å². The molecular weight excluding hydrogens is 553 g/mol. The summed E-state index contributed by atoms with van der Waals surface area (Å²) in [5.41, 5.74) is 3.14. The van der Waals surface area contributed by atoms with Crippen molar-refractivity contribution >= 4 is 51.6 Å². The fraction of sp³-hybridized carbons (Fsp3) is 0.424. The fourth-order valence-corrected chi connectivity index (χ4v) is 8.16. The normalized spacial score (nSPS) is 16.5. The lowest BCUT2D eigenvalue weighted by atomic mass is 9.88. The van der Waals surface area contributed by atoms with E-state index in [-0.39, 0.29) is 17.7 Å². The van der Waals surface area contributed by atoms with Gasteiger partial charge in [-0.15, -0.1) is 23.1 Å². The number of rotatable bonds is 8. The topological polar surface area (TPSA) is 84.5 Å². The predicted molar refractivity (Wildman–Crippen MR) is 167 cm³/mol. The number of aryl methyl sites for hydroxylation is 1. The Morgan fingerprint density at radius 3 is 2.37 bits per heavy atom. The van der Waals surface area contributed by atoms with Crippen molar-refractivity contribution in [2.75, 3.05) is 17.7 Å². The number of nitrogens with one attached hydrogen (secondary N) is 2. The monoisotopic (exact) mass is 590 g/mol. The Morgan fingerprint density at radius 2 is 1.61 bits per heavy atom. The van der Waals surface area contributed by atoms with Crippen LogP contribution in [0, 0.1) is 5.92 Å². The number of ether oxygens (including phenoxy) is 1. The molecule has 1 atom stereocenters.